The van der Waals surface area contributed by atoms with Gasteiger partial charge in [0.1, 0.15) is 5.75 Å². The third-order valence-corrected chi connectivity index (χ3v) is 9.14. The van der Waals surface area contributed by atoms with E-state index in [1.807, 2.05) is 12.1 Å². The second kappa shape index (κ2) is 11.5. The van der Waals surface area contributed by atoms with Crippen molar-refractivity contribution in [2.45, 2.75) is 43.9 Å². The van der Waals surface area contributed by atoms with Crippen molar-refractivity contribution < 1.29 is 19.1 Å². The van der Waals surface area contributed by atoms with E-state index < -0.39 is 0 Å². The largest absolute Gasteiger partial charge is 0.465 e. The molecule has 7 nitrogen and oxygen atoms in total. The molecule has 5 fully saturated rings. The van der Waals surface area contributed by atoms with Gasteiger partial charge in [0.25, 0.3) is 11.8 Å². The number of nitrogens with one attached hydrogen (secondary N) is 2. The number of hydrogen-bond donors (Lipinski definition) is 2. The standard InChI is InChI=1S/C32H39N3O4/c36-30(34-28-3-1-2-26(19-28)31(37)33-9-10-35-11-14-38-15-12-35)8-13-39-29-6-4-27(5-7-29)32-20-23-16-24(21-32)18-25(17-23)22-32/h1-8,13,19,23-25H,9-12,14-18,20-22H2,(H,33,37)(H,34,36). The molecule has 2 aromatic rings. The average Bonchev–Trinajstić information content (AvgIpc) is 2.93. The molecular weight excluding hydrogens is 490 g/mol. The first kappa shape index (κ1) is 26.1. The summed E-state index contributed by atoms with van der Waals surface area (Å²) < 4.78 is 11.1. The Morgan fingerprint density at radius 3 is 2.36 bits per heavy atom. The van der Waals surface area contributed by atoms with Crippen molar-refractivity contribution in [1.29, 1.82) is 0 Å². The number of carbonyl (C=O) groups is 2. The van der Waals surface area contributed by atoms with Crippen LogP contribution in [0.5, 0.6) is 5.75 Å². The van der Waals surface area contributed by atoms with Crippen LogP contribution in [0.25, 0.3) is 0 Å². The molecule has 2 aromatic carbocycles. The molecule has 0 atom stereocenters. The number of hydrogen-bond acceptors (Lipinski definition) is 5. The van der Waals surface area contributed by atoms with Gasteiger partial charge in [0.2, 0.25) is 0 Å². The zero-order chi connectivity index (χ0) is 26.7. The third kappa shape index (κ3) is 6.20. The second-order valence-electron chi connectivity index (χ2n) is 11.9. The predicted octanol–water partition coefficient (Wildman–Crippen LogP) is 4.75. The highest BCUT2D eigenvalue weighted by atomic mass is 16.5. The number of nitrogens with zero attached hydrogens (tertiary/aromatic N) is 1. The molecule has 2 N–H and O–H groups in total. The predicted molar refractivity (Wildman–Crippen MR) is 151 cm³/mol. The number of rotatable bonds is 9. The summed E-state index contributed by atoms with van der Waals surface area (Å²) in [5, 5.41) is 5.76. The zero-order valence-corrected chi connectivity index (χ0v) is 22.6. The minimum Gasteiger partial charge on any atom is -0.465 e. The normalized spacial score (nSPS) is 27.9. The first-order valence-corrected chi connectivity index (χ1v) is 14.5. The highest BCUT2D eigenvalue weighted by molar-refractivity contribution is 6.01. The zero-order valence-electron chi connectivity index (χ0n) is 22.6. The topological polar surface area (TPSA) is 79.9 Å². The summed E-state index contributed by atoms with van der Waals surface area (Å²) in [6.07, 6.45) is 11.1. The maximum atomic E-state index is 12.6. The minimum absolute atomic E-state index is 0.157. The Bertz CT molecular complexity index is 1170. The quantitative estimate of drug-likeness (QED) is 0.362. The molecule has 206 valence electrons. The van der Waals surface area contributed by atoms with Gasteiger partial charge in [-0.2, -0.15) is 0 Å². The maximum absolute atomic E-state index is 12.6. The van der Waals surface area contributed by atoms with Crippen molar-refractivity contribution in [3.8, 4) is 5.75 Å². The van der Waals surface area contributed by atoms with Crippen molar-refractivity contribution in [2.75, 3.05) is 44.7 Å². The van der Waals surface area contributed by atoms with Crippen molar-refractivity contribution >= 4 is 17.5 Å². The Hall–Kier alpha value is -3.16. The van der Waals surface area contributed by atoms with E-state index >= 15 is 0 Å². The van der Waals surface area contributed by atoms with Crippen LogP contribution in [0.3, 0.4) is 0 Å². The van der Waals surface area contributed by atoms with Crippen LogP contribution in [0, 0.1) is 17.8 Å². The molecule has 0 radical (unpaired) electrons. The van der Waals surface area contributed by atoms with E-state index in [2.05, 4.69) is 27.7 Å². The maximum Gasteiger partial charge on any atom is 0.251 e. The molecule has 0 spiro atoms. The Kier molecular flexibility index (Phi) is 7.71. The fourth-order valence-corrected chi connectivity index (χ4v) is 7.70. The van der Waals surface area contributed by atoms with Gasteiger partial charge in [0.05, 0.1) is 19.5 Å². The van der Waals surface area contributed by atoms with E-state index in [0.29, 0.717) is 23.2 Å². The third-order valence-electron chi connectivity index (χ3n) is 9.14. The molecular formula is C32H39N3O4. The van der Waals surface area contributed by atoms with Gasteiger partial charge in [-0.05, 0) is 97.6 Å². The van der Waals surface area contributed by atoms with Crippen molar-refractivity contribution in [1.82, 2.24) is 10.2 Å². The molecule has 7 heteroatoms. The van der Waals surface area contributed by atoms with E-state index in [9.17, 15) is 9.59 Å². The molecule has 1 heterocycles. The van der Waals surface area contributed by atoms with Crippen LogP contribution in [0.2, 0.25) is 0 Å². The van der Waals surface area contributed by atoms with Gasteiger partial charge in [-0.1, -0.05) is 18.2 Å². The number of carbonyl (C=O) groups excluding carboxylic acids is 2. The van der Waals surface area contributed by atoms with E-state index in [1.54, 1.807) is 24.3 Å². The molecule has 0 aromatic heterocycles. The van der Waals surface area contributed by atoms with Crippen LogP contribution in [0.15, 0.2) is 60.9 Å². The molecule has 7 rings (SSSR count). The summed E-state index contributed by atoms with van der Waals surface area (Å²) in [5.41, 5.74) is 2.90. The first-order valence-electron chi connectivity index (χ1n) is 14.5. The second-order valence-corrected chi connectivity index (χ2v) is 11.9. The number of ether oxygens (including phenoxy) is 2. The lowest BCUT2D eigenvalue weighted by Crippen LogP contribution is -2.48. The number of anilines is 1. The number of morpholine rings is 1. The molecule has 4 aliphatic carbocycles. The minimum atomic E-state index is -0.315. The van der Waals surface area contributed by atoms with Crippen LogP contribution in [0.1, 0.15) is 54.4 Å². The SMILES string of the molecule is O=C(C=COc1ccc(C23CC4CC(CC(C4)C2)C3)cc1)Nc1cccc(C(=O)NCCN2CCOCC2)c1. The molecule has 1 saturated heterocycles. The summed E-state index contributed by atoms with van der Waals surface area (Å²) in [7, 11) is 0. The van der Waals surface area contributed by atoms with Crippen LogP contribution in [0.4, 0.5) is 5.69 Å². The van der Waals surface area contributed by atoms with Crippen molar-refractivity contribution in [3.05, 3.63) is 72.0 Å². The molecule has 4 saturated carbocycles. The number of benzene rings is 2. The van der Waals surface area contributed by atoms with Crippen molar-refractivity contribution in [3.63, 3.8) is 0 Å². The lowest BCUT2D eigenvalue weighted by molar-refractivity contribution is -0.112. The Morgan fingerprint density at radius 1 is 0.974 bits per heavy atom. The summed E-state index contributed by atoms with van der Waals surface area (Å²) in [6.45, 7) is 4.62. The molecule has 5 aliphatic rings. The number of amides is 2. The van der Waals surface area contributed by atoms with E-state index in [1.165, 1.54) is 56.4 Å². The smallest absolute Gasteiger partial charge is 0.251 e. The Labute approximate surface area is 230 Å². The van der Waals surface area contributed by atoms with Gasteiger partial charge in [0.15, 0.2) is 0 Å². The summed E-state index contributed by atoms with van der Waals surface area (Å²) >= 11 is 0. The van der Waals surface area contributed by atoms with Gasteiger partial charge < -0.3 is 20.1 Å². The fraction of sp³-hybridized carbons (Fsp3) is 0.500. The molecule has 39 heavy (non-hydrogen) atoms. The van der Waals surface area contributed by atoms with E-state index in [-0.39, 0.29) is 11.8 Å². The van der Waals surface area contributed by atoms with Crippen LogP contribution < -0.4 is 15.4 Å². The van der Waals surface area contributed by atoms with Crippen molar-refractivity contribution in [2.24, 2.45) is 17.8 Å². The van der Waals surface area contributed by atoms with Crippen LogP contribution in [-0.2, 0) is 14.9 Å². The Balaban J connectivity index is 0.973. The highest BCUT2D eigenvalue weighted by Gasteiger charge is 2.51. The first-order chi connectivity index (χ1) is 19.0. The summed E-state index contributed by atoms with van der Waals surface area (Å²) in [6, 6.07) is 15.5. The summed E-state index contributed by atoms with van der Waals surface area (Å²) in [5.74, 6) is 3.01. The van der Waals surface area contributed by atoms with E-state index in [4.69, 9.17) is 9.47 Å². The molecule has 2 amide bonds. The average molecular weight is 530 g/mol. The van der Waals surface area contributed by atoms with Gasteiger partial charge in [0, 0.05) is 43.5 Å². The molecule has 0 unspecified atom stereocenters. The molecule has 4 bridgehead atoms. The van der Waals surface area contributed by atoms with Gasteiger partial charge in [-0.3, -0.25) is 14.5 Å². The van der Waals surface area contributed by atoms with Crippen LogP contribution in [-0.4, -0.2) is 56.1 Å². The lowest BCUT2D eigenvalue weighted by atomic mass is 9.48. The lowest BCUT2D eigenvalue weighted by Gasteiger charge is -2.57. The van der Waals surface area contributed by atoms with E-state index in [0.717, 1.165) is 56.4 Å². The van der Waals surface area contributed by atoms with Gasteiger partial charge >= 0.3 is 0 Å². The van der Waals surface area contributed by atoms with Gasteiger partial charge in [-0.25, -0.2) is 0 Å². The fourth-order valence-electron chi connectivity index (χ4n) is 7.70. The van der Waals surface area contributed by atoms with Gasteiger partial charge in [-0.15, -0.1) is 0 Å². The highest BCUT2D eigenvalue weighted by Crippen LogP contribution is 2.60. The van der Waals surface area contributed by atoms with Crippen LogP contribution >= 0.6 is 0 Å². The molecule has 1 aliphatic heterocycles. The monoisotopic (exact) mass is 529 g/mol. The Morgan fingerprint density at radius 2 is 1.67 bits per heavy atom. The summed E-state index contributed by atoms with van der Waals surface area (Å²) in [4.78, 5) is 27.3.